The van der Waals surface area contributed by atoms with E-state index in [9.17, 15) is 0 Å². The van der Waals surface area contributed by atoms with Gasteiger partial charge in [-0.25, -0.2) is 9.98 Å². The summed E-state index contributed by atoms with van der Waals surface area (Å²) in [5.74, 6) is 1.93. The van der Waals surface area contributed by atoms with Crippen LogP contribution in [-0.4, -0.2) is 41.1 Å². The minimum atomic E-state index is 0. The zero-order valence-electron chi connectivity index (χ0n) is 13.4. The van der Waals surface area contributed by atoms with Crippen molar-refractivity contribution in [1.29, 1.82) is 0 Å². The number of hydrogen-bond donors (Lipinski definition) is 1. The van der Waals surface area contributed by atoms with Crippen LogP contribution in [0.1, 0.15) is 11.4 Å². The molecular weight excluding hydrogens is 389 g/mol. The Hall–Kier alpha value is -1.57. The normalized spacial score (nSPS) is 11.0. The lowest BCUT2D eigenvalue weighted by atomic mass is 10.2. The SMILES string of the molecule is Cc1nccn1CCNC(=NCc1ccccc1)N(C)C.I. The molecule has 6 heteroatoms. The molecule has 1 N–H and O–H groups in total. The summed E-state index contributed by atoms with van der Waals surface area (Å²) in [6.07, 6.45) is 3.82. The summed E-state index contributed by atoms with van der Waals surface area (Å²) in [6, 6.07) is 10.3. The summed E-state index contributed by atoms with van der Waals surface area (Å²) in [6.45, 7) is 4.40. The van der Waals surface area contributed by atoms with Crippen LogP contribution >= 0.6 is 24.0 Å². The molecule has 1 aromatic carbocycles. The highest BCUT2D eigenvalue weighted by atomic mass is 127. The van der Waals surface area contributed by atoms with Gasteiger partial charge in [-0.2, -0.15) is 0 Å². The highest BCUT2D eigenvalue weighted by Crippen LogP contribution is 2.00. The molecule has 0 unspecified atom stereocenters. The van der Waals surface area contributed by atoms with Gasteiger partial charge < -0.3 is 14.8 Å². The van der Waals surface area contributed by atoms with Crippen LogP contribution in [0.25, 0.3) is 0 Å². The van der Waals surface area contributed by atoms with Gasteiger partial charge >= 0.3 is 0 Å². The van der Waals surface area contributed by atoms with Crippen LogP contribution in [0.4, 0.5) is 0 Å². The maximum absolute atomic E-state index is 4.64. The average molecular weight is 413 g/mol. The Morgan fingerprint density at radius 3 is 2.59 bits per heavy atom. The van der Waals surface area contributed by atoms with E-state index in [0.29, 0.717) is 6.54 Å². The van der Waals surface area contributed by atoms with Gasteiger partial charge in [-0.3, -0.25) is 0 Å². The van der Waals surface area contributed by atoms with Gasteiger partial charge in [-0.15, -0.1) is 24.0 Å². The molecule has 0 amide bonds. The molecule has 0 saturated heterocycles. The van der Waals surface area contributed by atoms with Gasteiger partial charge in [0.25, 0.3) is 0 Å². The van der Waals surface area contributed by atoms with Crippen molar-refractivity contribution in [3.63, 3.8) is 0 Å². The van der Waals surface area contributed by atoms with Crippen LogP contribution in [-0.2, 0) is 13.1 Å². The van der Waals surface area contributed by atoms with Crippen LogP contribution < -0.4 is 5.32 Å². The second-order valence-corrected chi connectivity index (χ2v) is 5.11. The first-order valence-corrected chi connectivity index (χ1v) is 7.14. The van der Waals surface area contributed by atoms with Crippen molar-refractivity contribution in [2.24, 2.45) is 4.99 Å². The maximum atomic E-state index is 4.64. The van der Waals surface area contributed by atoms with Gasteiger partial charge in [-0.1, -0.05) is 30.3 Å². The predicted octanol–water partition coefficient (Wildman–Crippen LogP) is 2.52. The number of imidazole rings is 1. The molecule has 120 valence electrons. The topological polar surface area (TPSA) is 45.5 Å². The summed E-state index contributed by atoms with van der Waals surface area (Å²) in [7, 11) is 4.00. The number of halogens is 1. The molecule has 0 aliphatic carbocycles. The number of hydrogen-bond acceptors (Lipinski definition) is 2. The Labute approximate surface area is 149 Å². The predicted molar refractivity (Wildman–Crippen MR) is 102 cm³/mol. The molecule has 1 heterocycles. The third-order valence-corrected chi connectivity index (χ3v) is 3.24. The van der Waals surface area contributed by atoms with E-state index in [4.69, 9.17) is 0 Å². The molecule has 1 aromatic heterocycles. The first-order chi connectivity index (χ1) is 10.2. The van der Waals surface area contributed by atoms with E-state index in [0.717, 1.165) is 24.9 Å². The fraction of sp³-hybridized carbons (Fsp3) is 0.375. The van der Waals surface area contributed by atoms with Crippen LogP contribution in [0.3, 0.4) is 0 Å². The number of nitrogens with zero attached hydrogens (tertiary/aromatic N) is 4. The molecule has 0 spiro atoms. The molecule has 0 radical (unpaired) electrons. The second-order valence-electron chi connectivity index (χ2n) is 5.11. The molecule has 0 atom stereocenters. The largest absolute Gasteiger partial charge is 0.354 e. The molecule has 2 aromatic rings. The Morgan fingerprint density at radius 2 is 2.00 bits per heavy atom. The van der Waals surface area contributed by atoms with E-state index >= 15 is 0 Å². The Morgan fingerprint density at radius 1 is 1.27 bits per heavy atom. The van der Waals surface area contributed by atoms with Crippen molar-refractivity contribution in [1.82, 2.24) is 19.8 Å². The fourth-order valence-electron chi connectivity index (χ4n) is 2.03. The highest BCUT2D eigenvalue weighted by Gasteiger charge is 2.02. The van der Waals surface area contributed by atoms with Gasteiger partial charge in [0.1, 0.15) is 5.82 Å². The first-order valence-electron chi connectivity index (χ1n) is 7.14. The smallest absolute Gasteiger partial charge is 0.193 e. The molecule has 22 heavy (non-hydrogen) atoms. The van der Waals surface area contributed by atoms with Crippen molar-refractivity contribution in [3.8, 4) is 0 Å². The molecular formula is C16H24IN5. The van der Waals surface area contributed by atoms with E-state index in [2.05, 4.69) is 32.0 Å². The highest BCUT2D eigenvalue weighted by molar-refractivity contribution is 14.0. The molecule has 0 fully saturated rings. The Kier molecular flexibility index (Phi) is 7.94. The zero-order valence-corrected chi connectivity index (χ0v) is 15.7. The summed E-state index contributed by atoms with van der Waals surface area (Å²) in [5, 5.41) is 3.38. The van der Waals surface area contributed by atoms with E-state index in [1.54, 1.807) is 0 Å². The van der Waals surface area contributed by atoms with Crippen LogP contribution in [0.5, 0.6) is 0 Å². The second kappa shape index (κ2) is 9.45. The molecule has 2 rings (SSSR count). The molecule has 5 nitrogen and oxygen atoms in total. The third-order valence-electron chi connectivity index (χ3n) is 3.24. The number of guanidine groups is 1. The summed E-state index contributed by atoms with van der Waals surface area (Å²) in [5.41, 5.74) is 1.21. The standard InChI is InChI=1S/C16H23N5.HI/c1-14-17-9-11-21(14)12-10-18-16(20(2)3)19-13-15-7-5-4-6-8-15;/h4-9,11H,10,12-13H2,1-3H3,(H,18,19);1H. The van der Waals surface area contributed by atoms with Crippen LogP contribution in [0.15, 0.2) is 47.7 Å². The van der Waals surface area contributed by atoms with Crippen LogP contribution in [0, 0.1) is 6.92 Å². The Balaban J connectivity index is 0.00000242. The number of nitrogens with one attached hydrogen (secondary N) is 1. The quantitative estimate of drug-likeness (QED) is 0.466. The van der Waals surface area contributed by atoms with Crippen molar-refractivity contribution in [2.45, 2.75) is 20.0 Å². The van der Waals surface area contributed by atoms with E-state index < -0.39 is 0 Å². The van der Waals surface area contributed by atoms with Gasteiger partial charge in [0, 0.05) is 39.6 Å². The first kappa shape index (κ1) is 18.5. The van der Waals surface area contributed by atoms with Gasteiger partial charge in [-0.05, 0) is 12.5 Å². The molecule has 0 bridgehead atoms. The number of rotatable bonds is 5. The minimum absolute atomic E-state index is 0. The third kappa shape index (κ3) is 5.67. The van der Waals surface area contributed by atoms with Crippen molar-refractivity contribution >= 4 is 29.9 Å². The summed E-state index contributed by atoms with van der Waals surface area (Å²) in [4.78, 5) is 10.9. The van der Waals surface area contributed by atoms with Crippen molar-refractivity contribution < 1.29 is 0 Å². The molecule has 0 saturated carbocycles. The minimum Gasteiger partial charge on any atom is -0.354 e. The summed E-state index contributed by atoms with van der Waals surface area (Å²) < 4.78 is 2.12. The number of aryl methyl sites for hydroxylation is 1. The Bertz CT molecular complexity index is 577. The fourth-order valence-corrected chi connectivity index (χ4v) is 2.03. The number of aromatic nitrogens is 2. The van der Waals surface area contributed by atoms with E-state index in [1.807, 2.05) is 56.5 Å². The van der Waals surface area contributed by atoms with Crippen molar-refractivity contribution in [3.05, 3.63) is 54.1 Å². The molecule has 0 aliphatic rings. The van der Waals surface area contributed by atoms with Crippen molar-refractivity contribution in [2.75, 3.05) is 20.6 Å². The number of benzene rings is 1. The van der Waals surface area contributed by atoms with E-state index in [-0.39, 0.29) is 24.0 Å². The lowest BCUT2D eigenvalue weighted by Crippen LogP contribution is -2.38. The van der Waals surface area contributed by atoms with E-state index in [1.165, 1.54) is 5.56 Å². The van der Waals surface area contributed by atoms with Gasteiger partial charge in [0.05, 0.1) is 6.54 Å². The monoisotopic (exact) mass is 413 g/mol. The molecule has 0 aliphatic heterocycles. The average Bonchev–Trinajstić information content (AvgIpc) is 2.89. The van der Waals surface area contributed by atoms with Gasteiger partial charge in [0.15, 0.2) is 5.96 Å². The number of aliphatic imine (C=N–C) groups is 1. The zero-order chi connectivity index (χ0) is 15.1. The van der Waals surface area contributed by atoms with Gasteiger partial charge in [0.2, 0.25) is 0 Å². The lowest BCUT2D eigenvalue weighted by Gasteiger charge is -2.18. The lowest BCUT2D eigenvalue weighted by molar-refractivity contribution is 0.561. The summed E-state index contributed by atoms with van der Waals surface area (Å²) >= 11 is 0. The maximum Gasteiger partial charge on any atom is 0.193 e. The van der Waals surface area contributed by atoms with Crippen LogP contribution in [0.2, 0.25) is 0 Å².